The van der Waals surface area contributed by atoms with Gasteiger partial charge in [-0.15, -0.1) is 0 Å². The van der Waals surface area contributed by atoms with Gasteiger partial charge in [0, 0.05) is 31.2 Å². The van der Waals surface area contributed by atoms with Gasteiger partial charge >= 0.3 is 5.97 Å². The highest BCUT2D eigenvalue weighted by atomic mass is 16.4. The van der Waals surface area contributed by atoms with E-state index in [1.54, 1.807) is 0 Å². The van der Waals surface area contributed by atoms with Crippen LogP contribution in [0.25, 0.3) is 10.8 Å². The minimum Gasteiger partial charge on any atom is -0.481 e. The lowest BCUT2D eigenvalue weighted by Crippen LogP contribution is -2.04. The topological polar surface area (TPSA) is 71.4 Å². The minimum atomic E-state index is -0.675. The number of benzene rings is 2. The number of hydrogen-bond donors (Lipinski definition) is 1. The van der Waals surface area contributed by atoms with Gasteiger partial charge in [-0.3, -0.25) is 14.4 Å². The van der Waals surface area contributed by atoms with Crippen LogP contribution < -0.4 is 0 Å². The number of carbonyl (C=O) groups is 3. The number of carboxylic acid groups (broad SMARTS) is 1. The van der Waals surface area contributed by atoms with Crippen LogP contribution in [-0.2, 0) is 9.59 Å². The average Bonchev–Trinajstić information content (AvgIpc) is 3.14. The summed E-state index contributed by atoms with van der Waals surface area (Å²) in [7, 11) is 0. The van der Waals surface area contributed by atoms with Crippen LogP contribution >= 0.6 is 0 Å². The summed E-state index contributed by atoms with van der Waals surface area (Å²) >= 11 is 0. The van der Waals surface area contributed by atoms with Gasteiger partial charge in [-0.1, -0.05) is 68.7 Å². The van der Waals surface area contributed by atoms with E-state index in [0.29, 0.717) is 37.4 Å². The zero-order valence-corrected chi connectivity index (χ0v) is 17.4. The Hall–Kier alpha value is -2.49. The summed E-state index contributed by atoms with van der Waals surface area (Å²) < 4.78 is 0. The molecule has 1 unspecified atom stereocenters. The van der Waals surface area contributed by atoms with Gasteiger partial charge in [0.15, 0.2) is 5.78 Å². The highest BCUT2D eigenvalue weighted by Crippen LogP contribution is 2.28. The lowest BCUT2D eigenvalue weighted by atomic mass is 9.95. The van der Waals surface area contributed by atoms with Crippen molar-refractivity contribution in [3.05, 3.63) is 48.0 Å². The molecule has 0 bridgehead atoms. The fraction of sp³-hybridized carbons (Fsp3) is 0.480. The van der Waals surface area contributed by atoms with Crippen LogP contribution in [0.2, 0.25) is 0 Å². The molecule has 2 aromatic carbocycles. The molecule has 1 aliphatic rings. The largest absolute Gasteiger partial charge is 0.481 e. The van der Waals surface area contributed by atoms with E-state index in [1.165, 1.54) is 6.42 Å². The highest BCUT2D eigenvalue weighted by molar-refractivity contribution is 6.08. The van der Waals surface area contributed by atoms with Gasteiger partial charge in [-0.05, 0) is 36.0 Å². The van der Waals surface area contributed by atoms with Crippen LogP contribution in [0.3, 0.4) is 0 Å². The van der Waals surface area contributed by atoms with Crippen molar-refractivity contribution in [2.45, 2.75) is 71.1 Å². The first kappa shape index (κ1) is 22.8. The van der Waals surface area contributed by atoms with Gasteiger partial charge in [0.2, 0.25) is 0 Å². The first-order valence-corrected chi connectivity index (χ1v) is 10.8. The molecule has 0 saturated heterocycles. The van der Waals surface area contributed by atoms with Crippen LogP contribution in [0.15, 0.2) is 42.5 Å². The molecule has 156 valence electrons. The molecule has 2 aromatic rings. The summed E-state index contributed by atoms with van der Waals surface area (Å²) in [6, 6.07) is 13.9. The summed E-state index contributed by atoms with van der Waals surface area (Å²) in [6.45, 7) is 2.11. The molecule has 3 rings (SSSR count). The molecule has 0 amide bonds. The monoisotopic (exact) mass is 396 g/mol. The second kappa shape index (κ2) is 12.2. The molecule has 0 radical (unpaired) electrons. The second-order valence-electron chi connectivity index (χ2n) is 7.84. The molecule has 0 aromatic heterocycles. The Morgan fingerprint density at radius 3 is 2.45 bits per heavy atom. The van der Waals surface area contributed by atoms with Crippen molar-refractivity contribution in [1.29, 1.82) is 0 Å². The normalized spacial score (nSPS) is 15.8. The fourth-order valence-corrected chi connectivity index (χ4v) is 3.78. The Bertz CT molecular complexity index is 819. The Morgan fingerprint density at radius 1 is 1.00 bits per heavy atom. The van der Waals surface area contributed by atoms with Crippen molar-refractivity contribution in [2.24, 2.45) is 5.92 Å². The summed E-state index contributed by atoms with van der Waals surface area (Å²) in [5.74, 6) is 0.293. The van der Waals surface area contributed by atoms with Gasteiger partial charge in [0.05, 0.1) is 0 Å². The van der Waals surface area contributed by atoms with Gasteiger partial charge in [0.1, 0.15) is 5.78 Å². The summed E-state index contributed by atoms with van der Waals surface area (Å²) in [6.07, 6.45) is 8.27. The number of fused-ring (bicyclic) bond motifs is 1. The van der Waals surface area contributed by atoms with Crippen molar-refractivity contribution in [3.8, 4) is 0 Å². The van der Waals surface area contributed by atoms with Crippen molar-refractivity contribution < 1.29 is 19.5 Å². The van der Waals surface area contributed by atoms with E-state index in [2.05, 4.69) is 6.92 Å². The zero-order chi connectivity index (χ0) is 21.1. The molecule has 29 heavy (non-hydrogen) atoms. The van der Waals surface area contributed by atoms with Crippen LogP contribution in [-0.4, -0.2) is 22.6 Å². The first-order valence-electron chi connectivity index (χ1n) is 10.8. The maximum Gasteiger partial charge on any atom is 0.303 e. The maximum atomic E-state index is 12.4. The number of hydrogen-bond acceptors (Lipinski definition) is 3. The molecule has 1 N–H and O–H groups in total. The number of carboxylic acids is 1. The molecule has 1 aliphatic carbocycles. The van der Waals surface area contributed by atoms with Crippen molar-refractivity contribution >= 4 is 28.3 Å². The Labute approximate surface area is 173 Å². The summed E-state index contributed by atoms with van der Waals surface area (Å²) in [4.78, 5) is 33.6. The molecule has 1 saturated carbocycles. The second-order valence-corrected chi connectivity index (χ2v) is 7.84. The highest BCUT2D eigenvalue weighted by Gasteiger charge is 2.22. The smallest absolute Gasteiger partial charge is 0.303 e. The molecule has 1 atom stereocenters. The van der Waals surface area contributed by atoms with Gasteiger partial charge in [-0.25, -0.2) is 0 Å². The van der Waals surface area contributed by atoms with E-state index in [0.717, 1.165) is 48.4 Å². The van der Waals surface area contributed by atoms with Gasteiger partial charge < -0.3 is 5.11 Å². The van der Waals surface area contributed by atoms with Gasteiger partial charge in [0.25, 0.3) is 0 Å². The third-order valence-electron chi connectivity index (χ3n) is 5.46. The number of Topliss-reactive ketones (excluding diaryl/α,β-unsaturated/α-hetero) is 2. The lowest BCUT2D eigenvalue weighted by molar-refractivity contribution is -0.137. The Morgan fingerprint density at radius 2 is 1.76 bits per heavy atom. The van der Waals surface area contributed by atoms with Crippen LogP contribution in [0.5, 0.6) is 0 Å². The quantitative estimate of drug-likeness (QED) is 0.404. The average molecular weight is 397 g/mol. The van der Waals surface area contributed by atoms with E-state index < -0.39 is 5.97 Å². The third-order valence-corrected chi connectivity index (χ3v) is 5.46. The summed E-state index contributed by atoms with van der Waals surface area (Å²) in [5, 5.41) is 10.3. The van der Waals surface area contributed by atoms with E-state index in [9.17, 15) is 14.4 Å². The van der Waals surface area contributed by atoms with Crippen LogP contribution in [0.1, 0.15) is 81.5 Å². The molecule has 4 nitrogen and oxygen atoms in total. The molecule has 1 fully saturated rings. The molecule has 0 aliphatic heterocycles. The number of carbonyl (C=O) groups excluding carboxylic acids is 2. The predicted octanol–water partition coefficient (Wildman–Crippen LogP) is 6.21. The lowest BCUT2D eigenvalue weighted by Gasteiger charge is -2.09. The van der Waals surface area contributed by atoms with E-state index in [1.807, 2.05) is 42.5 Å². The number of ketones is 2. The van der Waals surface area contributed by atoms with E-state index in [4.69, 9.17) is 5.11 Å². The van der Waals surface area contributed by atoms with Crippen molar-refractivity contribution in [2.75, 3.05) is 0 Å². The first-order chi connectivity index (χ1) is 14.0. The molecular weight excluding hydrogens is 364 g/mol. The third kappa shape index (κ3) is 7.80. The number of unbranched alkanes of at least 4 members (excludes halogenated alkanes) is 3. The molecular formula is C25H32O4. The summed E-state index contributed by atoms with van der Waals surface area (Å²) in [5.41, 5.74) is 0.812. The van der Waals surface area contributed by atoms with Crippen LogP contribution in [0, 0.1) is 5.92 Å². The zero-order valence-electron chi connectivity index (χ0n) is 17.4. The van der Waals surface area contributed by atoms with E-state index >= 15 is 0 Å². The molecule has 0 spiro atoms. The van der Waals surface area contributed by atoms with Crippen molar-refractivity contribution in [1.82, 2.24) is 0 Å². The van der Waals surface area contributed by atoms with Crippen molar-refractivity contribution in [3.63, 3.8) is 0 Å². The standard InChI is InChI=1S/C18H18O2.C7H14O2/c19-15-10-8-13(12-15)9-11-18(20)17-7-3-5-14-4-1-2-6-16(14)17;1-2-3-4-5-6-7(8)9/h1-7,13H,8-12H2;2-6H2,1H3,(H,8,9). The number of aliphatic carboxylic acids is 1. The van der Waals surface area contributed by atoms with Gasteiger partial charge in [-0.2, -0.15) is 0 Å². The Kier molecular flexibility index (Phi) is 9.55. The molecule has 4 heteroatoms. The SMILES string of the molecule is CCCCCCC(=O)O.O=C1CCC(CCC(=O)c2cccc3ccccc23)C1. The Balaban J connectivity index is 0.000000284. The minimum absolute atomic E-state index is 0.196. The van der Waals surface area contributed by atoms with Crippen LogP contribution in [0.4, 0.5) is 0 Å². The van der Waals surface area contributed by atoms with E-state index in [-0.39, 0.29) is 5.78 Å². The predicted molar refractivity (Wildman–Crippen MR) is 116 cm³/mol. The fourth-order valence-electron chi connectivity index (χ4n) is 3.78. The maximum absolute atomic E-state index is 12.4. The number of rotatable bonds is 9. The molecule has 0 heterocycles.